The fourth-order valence-corrected chi connectivity index (χ4v) is 9.40. The summed E-state index contributed by atoms with van der Waals surface area (Å²) in [4.78, 5) is 6.08. The number of thiazole rings is 1. The zero-order valence-corrected chi connectivity index (χ0v) is 36.8. The average Bonchev–Trinajstić information content (AvgIpc) is 3.94. The third-order valence-electron chi connectivity index (χ3n) is 9.48. The maximum absolute atomic E-state index is 13.7. The number of hydrogen-bond donors (Lipinski definition) is 0. The normalized spacial score (nSPS) is 12.4. The smallest absolute Gasteiger partial charge is 0.147 e. The summed E-state index contributed by atoms with van der Waals surface area (Å²) in [5.41, 5.74) is 9.42. The van der Waals surface area contributed by atoms with Gasteiger partial charge in [-0.2, -0.15) is 0 Å². The molecule has 0 aliphatic carbocycles. The Morgan fingerprint density at radius 2 is 1.38 bits per heavy atom. The number of fused-ring (bicyclic) bond motifs is 4. The fourth-order valence-electron chi connectivity index (χ4n) is 6.47. The molecule has 0 amide bonds. The summed E-state index contributed by atoms with van der Waals surface area (Å²) in [6.45, 7) is 23.4. The topological polar surface area (TPSA) is 30.3 Å². The standard InChI is InChI=1S/C13H14FN.C12H14OS.C12H14S.C9H10N2S2/c1-9(2)15-8-13(14)12-7-5-4-6-11(12)10(15)3;1-8(2)10-7-12-9(4-5-14-12)6-11(10)13-3;1-8(2)11-7-10-4-5-13-12(10)6-9(11)3;1-6(2)11-4-3-7-8(9(11)12)13-5-10-7/h4-9H,3H2,1-2H3;4-8H,1-3H3;4-8H,1-3H3;3-6H,1-2H3. The number of rotatable bonds is 5. The van der Waals surface area contributed by atoms with Crippen LogP contribution in [0.5, 0.6) is 5.75 Å². The van der Waals surface area contributed by atoms with Crippen LogP contribution in [0.3, 0.4) is 0 Å². The predicted octanol–water partition coefficient (Wildman–Crippen LogP) is 15.4. The Labute approximate surface area is 343 Å². The van der Waals surface area contributed by atoms with Crippen molar-refractivity contribution in [1.29, 1.82) is 0 Å². The van der Waals surface area contributed by atoms with Gasteiger partial charge in [0, 0.05) is 50.7 Å². The SMILES string of the molecule is C=C1c2ccccc2C(F)=CN1C(C)C.CC(C)n1ccc2ncsc2c1=S.COc1cc2ccsc2cc1C(C)C.Cc1cc2sccc2cc1C(C)C. The summed E-state index contributed by atoms with van der Waals surface area (Å²) in [6, 6.07) is 23.4. The molecule has 8 rings (SSSR count). The molecule has 0 N–H and O–H groups in total. The van der Waals surface area contributed by atoms with Crippen LogP contribution in [-0.4, -0.2) is 27.6 Å². The molecule has 0 unspecified atom stereocenters. The van der Waals surface area contributed by atoms with Crippen molar-refractivity contribution in [2.45, 2.75) is 86.2 Å². The lowest BCUT2D eigenvalue weighted by Gasteiger charge is -2.31. The molecule has 4 nitrogen and oxygen atoms in total. The van der Waals surface area contributed by atoms with E-state index in [1.54, 1.807) is 35.8 Å². The van der Waals surface area contributed by atoms with Gasteiger partial charge in [0.05, 0.1) is 22.8 Å². The minimum absolute atomic E-state index is 0.188. The molecular formula is C46H52FN3OS4. The van der Waals surface area contributed by atoms with Crippen molar-refractivity contribution in [3.63, 3.8) is 0 Å². The lowest BCUT2D eigenvalue weighted by Crippen LogP contribution is -2.26. The second-order valence-electron chi connectivity index (χ2n) is 14.7. The lowest BCUT2D eigenvalue weighted by molar-refractivity contribution is 0.408. The van der Waals surface area contributed by atoms with Crippen molar-refractivity contribution in [2.24, 2.45) is 0 Å². The van der Waals surface area contributed by atoms with E-state index in [0.717, 1.165) is 31.9 Å². The highest BCUT2D eigenvalue weighted by atomic mass is 32.1. The van der Waals surface area contributed by atoms with Crippen LogP contribution in [0, 0.1) is 11.6 Å². The first-order valence-corrected chi connectivity index (χ1v) is 21.7. The van der Waals surface area contributed by atoms with Crippen molar-refractivity contribution in [1.82, 2.24) is 14.5 Å². The summed E-state index contributed by atoms with van der Waals surface area (Å²) in [5.74, 6) is 1.96. The monoisotopic (exact) mass is 809 g/mol. The van der Waals surface area contributed by atoms with Crippen LogP contribution in [0.25, 0.3) is 41.9 Å². The molecule has 1 aliphatic heterocycles. The number of hydrogen-bond acceptors (Lipinski definition) is 7. The molecule has 288 valence electrons. The molecule has 0 fully saturated rings. The van der Waals surface area contributed by atoms with Gasteiger partial charge in [-0.05, 0) is 127 Å². The average molecular weight is 810 g/mol. The molecule has 4 aromatic heterocycles. The number of halogens is 1. The minimum Gasteiger partial charge on any atom is -0.496 e. The van der Waals surface area contributed by atoms with Gasteiger partial charge in [0.2, 0.25) is 0 Å². The highest BCUT2D eigenvalue weighted by Crippen LogP contribution is 2.35. The Kier molecular flexibility index (Phi) is 14.2. The summed E-state index contributed by atoms with van der Waals surface area (Å²) < 4.78 is 26.0. The van der Waals surface area contributed by atoms with Crippen molar-refractivity contribution >= 4 is 88.1 Å². The predicted molar refractivity (Wildman–Crippen MR) is 243 cm³/mol. The van der Waals surface area contributed by atoms with E-state index in [4.69, 9.17) is 17.0 Å². The summed E-state index contributed by atoms with van der Waals surface area (Å²) in [6.07, 6.45) is 3.53. The molecule has 0 spiro atoms. The second-order valence-corrected chi connectivity index (χ2v) is 17.8. The molecule has 7 aromatic rings. The molecule has 0 saturated carbocycles. The second kappa shape index (κ2) is 18.7. The number of nitrogens with zero attached hydrogens (tertiary/aromatic N) is 3. The number of aryl methyl sites for hydroxylation is 1. The largest absolute Gasteiger partial charge is 0.496 e. The Balaban J connectivity index is 0.000000141. The van der Waals surface area contributed by atoms with E-state index in [1.807, 2.05) is 66.1 Å². The zero-order valence-electron chi connectivity index (χ0n) is 33.5. The zero-order chi connectivity index (χ0) is 40.0. The maximum atomic E-state index is 13.7. The molecular weight excluding hydrogens is 758 g/mol. The third-order valence-corrected chi connectivity index (χ3v) is 12.6. The lowest BCUT2D eigenvalue weighted by atomic mass is 9.97. The van der Waals surface area contributed by atoms with Gasteiger partial charge in [0.1, 0.15) is 16.2 Å². The van der Waals surface area contributed by atoms with Gasteiger partial charge in [-0.15, -0.1) is 34.0 Å². The number of benzene rings is 3. The number of pyridine rings is 1. The first-order chi connectivity index (χ1) is 26.2. The van der Waals surface area contributed by atoms with E-state index in [-0.39, 0.29) is 11.9 Å². The maximum Gasteiger partial charge on any atom is 0.147 e. The molecule has 0 bridgehead atoms. The van der Waals surface area contributed by atoms with Crippen LogP contribution in [0.2, 0.25) is 0 Å². The molecule has 1 aliphatic rings. The van der Waals surface area contributed by atoms with Crippen molar-refractivity contribution in [3.05, 3.63) is 134 Å². The van der Waals surface area contributed by atoms with Crippen LogP contribution >= 0.6 is 46.2 Å². The molecule has 0 atom stereocenters. The summed E-state index contributed by atoms with van der Waals surface area (Å²) >= 11 is 10.6. The van der Waals surface area contributed by atoms with E-state index in [9.17, 15) is 4.39 Å². The van der Waals surface area contributed by atoms with E-state index in [0.29, 0.717) is 23.4 Å². The highest BCUT2D eigenvalue weighted by Gasteiger charge is 2.22. The quantitative estimate of drug-likeness (QED) is 0.162. The van der Waals surface area contributed by atoms with E-state index in [2.05, 4.69) is 112 Å². The number of thiophene rings is 2. The van der Waals surface area contributed by atoms with E-state index < -0.39 is 0 Å². The van der Waals surface area contributed by atoms with Gasteiger partial charge in [-0.25, -0.2) is 9.37 Å². The van der Waals surface area contributed by atoms with E-state index in [1.165, 1.54) is 43.1 Å². The van der Waals surface area contributed by atoms with Crippen molar-refractivity contribution in [2.75, 3.05) is 7.11 Å². The fraction of sp³-hybridized carbons (Fsp3) is 0.304. The van der Waals surface area contributed by atoms with Gasteiger partial charge in [-0.1, -0.05) is 70.8 Å². The molecule has 0 radical (unpaired) electrons. The highest BCUT2D eigenvalue weighted by molar-refractivity contribution is 7.71. The first kappa shape index (κ1) is 42.0. The van der Waals surface area contributed by atoms with Crippen LogP contribution < -0.4 is 4.74 Å². The van der Waals surface area contributed by atoms with Gasteiger partial charge in [-0.3, -0.25) is 0 Å². The Morgan fingerprint density at radius 1 is 0.764 bits per heavy atom. The van der Waals surface area contributed by atoms with Crippen LogP contribution in [0.4, 0.5) is 4.39 Å². The van der Waals surface area contributed by atoms with Crippen LogP contribution in [0.1, 0.15) is 101 Å². The van der Waals surface area contributed by atoms with Gasteiger partial charge >= 0.3 is 0 Å². The summed E-state index contributed by atoms with van der Waals surface area (Å²) in [5, 5.41) is 6.94. The van der Waals surface area contributed by atoms with Crippen molar-refractivity contribution in [3.8, 4) is 5.75 Å². The summed E-state index contributed by atoms with van der Waals surface area (Å²) in [7, 11) is 1.74. The third kappa shape index (κ3) is 9.81. The van der Waals surface area contributed by atoms with Gasteiger partial charge in [0.15, 0.2) is 0 Å². The molecule has 5 heterocycles. The molecule has 55 heavy (non-hydrogen) atoms. The minimum atomic E-state index is -0.188. The molecule has 9 heteroatoms. The van der Waals surface area contributed by atoms with Crippen LogP contribution in [0.15, 0.2) is 102 Å². The van der Waals surface area contributed by atoms with E-state index >= 15 is 0 Å². The Bertz CT molecular complexity index is 2480. The van der Waals surface area contributed by atoms with Crippen molar-refractivity contribution < 1.29 is 9.13 Å². The molecule has 3 aromatic carbocycles. The Morgan fingerprint density at radius 3 is 1.98 bits per heavy atom. The number of ether oxygens (including phenoxy) is 1. The Hall–Kier alpha value is -4.15. The van der Waals surface area contributed by atoms with Gasteiger partial charge in [0.25, 0.3) is 0 Å². The number of methoxy groups -OCH3 is 1. The molecule has 0 saturated heterocycles. The number of aromatic nitrogens is 2. The van der Waals surface area contributed by atoms with Crippen LogP contribution in [-0.2, 0) is 0 Å². The first-order valence-electron chi connectivity index (χ1n) is 18.6. The van der Waals surface area contributed by atoms with Gasteiger partial charge < -0.3 is 14.2 Å².